The van der Waals surface area contributed by atoms with Gasteiger partial charge >= 0.3 is 0 Å². The number of aryl methyl sites for hydroxylation is 2. The molecule has 0 aliphatic rings. The van der Waals surface area contributed by atoms with Crippen molar-refractivity contribution in [3.8, 4) is 0 Å². The first-order valence-electron chi connectivity index (χ1n) is 9.13. The molecule has 0 radical (unpaired) electrons. The molecule has 0 aliphatic carbocycles. The van der Waals surface area contributed by atoms with Crippen LogP contribution in [0.25, 0.3) is 0 Å². The predicted molar refractivity (Wildman–Crippen MR) is 113 cm³/mol. The topological polar surface area (TPSA) is 59.8 Å². The molecule has 2 aromatic carbocycles. The van der Waals surface area contributed by atoms with Crippen LogP contribution in [0.5, 0.6) is 0 Å². The number of aromatic nitrogens is 3. The van der Waals surface area contributed by atoms with Crippen LogP contribution in [0, 0.1) is 13.8 Å². The molecule has 144 valence electrons. The predicted octanol–water partition coefficient (Wildman–Crippen LogP) is 4.30. The van der Waals surface area contributed by atoms with Crippen LogP contribution in [0.4, 0.5) is 0 Å². The Balaban J connectivity index is 1.66. The Morgan fingerprint density at radius 1 is 1.14 bits per heavy atom. The molecule has 3 aromatic rings. The van der Waals surface area contributed by atoms with E-state index < -0.39 is 0 Å². The molecule has 6 heteroatoms. The van der Waals surface area contributed by atoms with E-state index in [4.69, 9.17) is 0 Å². The number of allylic oxidation sites excluding steroid dienone is 1. The Hall–Kier alpha value is -2.86. The molecular formula is C22H24N4OS. The average Bonchev–Trinajstić information content (AvgIpc) is 3.07. The Labute approximate surface area is 169 Å². The summed E-state index contributed by atoms with van der Waals surface area (Å²) in [7, 11) is 0. The summed E-state index contributed by atoms with van der Waals surface area (Å²) < 4.78 is 1.99. The van der Waals surface area contributed by atoms with Gasteiger partial charge in [-0.2, -0.15) is 0 Å². The van der Waals surface area contributed by atoms with Crippen LogP contribution in [0.15, 0.2) is 66.3 Å². The van der Waals surface area contributed by atoms with Gasteiger partial charge in [0, 0.05) is 17.9 Å². The number of nitrogens with one attached hydrogen (secondary N) is 1. The zero-order valence-corrected chi connectivity index (χ0v) is 17.0. The minimum Gasteiger partial charge on any atom is -0.345 e. The van der Waals surface area contributed by atoms with Gasteiger partial charge in [0.25, 0.3) is 5.91 Å². The lowest BCUT2D eigenvalue weighted by molar-refractivity contribution is 0.0949. The smallest absolute Gasteiger partial charge is 0.251 e. The van der Waals surface area contributed by atoms with Gasteiger partial charge in [-0.25, -0.2) is 0 Å². The first-order chi connectivity index (χ1) is 13.6. The number of rotatable bonds is 8. The molecule has 0 saturated carbocycles. The van der Waals surface area contributed by atoms with Crippen LogP contribution in [0.3, 0.4) is 0 Å². The molecule has 0 atom stereocenters. The summed E-state index contributed by atoms with van der Waals surface area (Å²) in [5, 5.41) is 12.3. The van der Waals surface area contributed by atoms with Crippen molar-refractivity contribution in [1.29, 1.82) is 0 Å². The zero-order chi connectivity index (χ0) is 19.9. The SMILES string of the molecule is C=CCn1c(CNC(=O)c2cccc(C)c2)nnc1SCc1ccc(C)cc1. The number of amides is 1. The van der Waals surface area contributed by atoms with Crippen molar-refractivity contribution in [3.05, 3.63) is 89.3 Å². The van der Waals surface area contributed by atoms with E-state index in [2.05, 4.69) is 53.3 Å². The Morgan fingerprint density at radius 3 is 2.64 bits per heavy atom. The molecule has 5 nitrogen and oxygen atoms in total. The maximum absolute atomic E-state index is 12.4. The van der Waals surface area contributed by atoms with Crippen LogP contribution < -0.4 is 5.32 Å². The third-order valence-electron chi connectivity index (χ3n) is 4.28. The average molecular weight is 393 g/mol. The van der Waals surface area contributed by atoms with Crippen LogP contribution in [0.2, 0.25) is 0 Å². The van der Waals surface area contributed by atoms with E-state index in [9.17, 15) is 4.79 Å². The second-order valence-electron chi connectivity index (χ2n) is 6.62. The third kappa shape index (κ3) is 5.10. The molecule has 1 heterocycles. The number of hydrogen-bond donors (Lipinski definition) is 1. The van der Waals surface area contributed by atoms with Gasteiger partial charge in [0.15, 0.2) is 11.0 Å². The van der Waals surface area contributed by atoms with E-state index in [-0.39, 0.29) is 5.91 Å². The fourth-order valence-corrected chi connectivity index (χ4v) is 3.67. The van der Waals surface area contributed by atoms with Gasteiger partial charge in [-0.1, -0.05) is 65.4 Å². The first-order valence-corrected chi connectivity index (χ1v) is 10.1. The largest absolute Gasteiger partial charge is 0.345 e. The minimum atomic E-state index is -0.120. The summed E-state index contributed by atoms with van der Waals surface area (Å²) in [5.74, 6) is 1.41. The van der Waals surface area contributed by atoms with Gasteiger partial charge in [0.1, 0.15) is 0 Å². The molecule has 0 aliphatic heterocycles. The highest BCUT2D eigenvalue weighted by molar-refractivity contribution is 7.98. The Kier molecular flexibility index (Phi) is 6.66. The molecular weight excluding hydrogens is 368 g/mol. The summed E-state index contributed by atoms with van der Waals surface area (Å²) in [5.41, 5.74) is 4.18. The Morgan fingerprint density at radius 2 is 1.93 bits per heavy atom. The maximum Gasteiger partial charge on any atom is 0.251 e. The van der Waals surface area contributed by atoms with E-state index in [1.54, 1.807) is 17.8 Å². The highest BCUT2D eigenvalue weighted by Crippen LogP contribution is 2.22. The van der Waals surface area contributed by atoms with Crippen molar-refractivity contribution in [1.82, 2.24) is 20.1 Å². The van der Waals surface area contributed by atoms with Crippen molar-refractivity contribution in [3.63, 3.8) is 0 Å². The van der Waals surface area contributed by atoms with Gasteiger partial charge in [-0.05, 0) is 31.5 Å². The summed E-state index contributed by atoms with van der Waals surface area (Å²) >= 11 is 1.63. The molecule has 28 heavy (non-hydrogen) atoms. The summed E-state index contributed by atoms with van der Waals surface area (Å²) in [4.78, 5) is 12.4. The van der Waals surface area contributed by atoms with Crippen molar-refractivity contribution < 1.29 is 4.79 Å². The maximum atomic E-state index is 12.4. The fourth-order valence-electron chi connectivity index (χ4n) is 2.75. The lowest BCUT2D eigenvalue weighted by Gasteiger charge is -2.09. The van der Waals surface area contributed by atoms with Crippen molar-refractivity contribution in [2.45, 2.75) is 37.8 Å². The monoisotopic (exact) mass is 392 g/mol. The normalized spacial score (nSPS) is 10.6. The number of carbonyl (C=O) groups is 1. The number of nitrogens with zero attached hydrogens (tertiary/aromatic N) is 3. The number of benzene rings is 2. The number of carbonyl (C=O) groups excluding carboxylic acids is 1. The van der Waals surface area contributed by atoms with E-state index in [0.717, 1.165) is 16.5 Å². The van der Waals surface area contributed by atoms with Crippen LogP contribution >= 0.6 is 11.8 Å². The second-order valence-corrected chi connectivity index (χ2v) is 7.57. The quantitative estimate of drug-likeness (QED) is 0.459. The summed E-state index contributed by atoms with van der Waals surface area (Å²) in [6.45, 7) is 8.79. The van der Waals surface area contributed by atoms with Crippen molar-refractivity contribution in [2.75, 3.05) is 0 Å². The van der Waals surface area contributed by atoms with Crippen LogP contribution in [-0.4, -0.2) is 20.7 Å². The third-order valence-corrected chi connectivity index (χ3v) is 5.32. The molecule has 1 aromatic heterocycles. The number of hydrogen-bond acceptors (Lipinski definition) is 4. The summed E-state index contributed by atoms with van der Waals surface area (Å²) in [6.07, 6.45) is 1.81. The van der Waals surface area contributed by atoms with Gasteiger partial charge in [-0.3, -0.25) is 4.79 Å². The minimum absolute atomic E-state index is 0.120. The molecule has 0 saturated heterocycles. The second kappa shape index (κ2) is 9.37. The van der Waals surface area contributed by atoms with Gasteiger partial charge in [-0.15, -0.1) is 16.8 Å². The van der Waals surface area contributed by atoms with Crippen LogP contribution in [-0.2, 0) is 18.8 Å². The highest BCUT2D eigenvalue weighted by atomic mass is 32.2. The molecule has 1 amide bonds. The van der Waals surface area contributed by atoms with E-state index >= 15 is 0 Å². The van der Waals surface area contributed by atoms with Gasteiger partial charge in [0.05, 0.1) is 6.54 Å². The molecule has 0 unspecified atom stereocenters. The molecule has 3 rings (SSSR count). The molecule has 0 fully saturated rings. The molecule has 0 spiro atoms. The molecule has 0 bridgehead atoms. The fraction of sp³-hybridized carbons (Fsp3) is 0.227. The Bertz CT molecular complexity index is 963. The zero-order valence-electron chi connectivity index (χ0n) is 16.2. The van der Waals surface area contributed by atoms with Gasteiger partial charge in [0.2, 0.25) is 0 Å². The summed E-state index contributed by atoms with van der Waals surface area (Å²) in [6, 6.07) is 16.0. The lowest BCUT2D eigenvalue weighted by atomic mass is 10.1. The van der Waals surface area contributed by atoms with Crippen LogP contribution in [0.1, 0.15) is 32.9 Å². The van der Waals surface area contributed by atoms with Gasteiger partial charge < -0.3 is 9.88 Å². The van der Waals surface area contributed by atoms with E-state index in [1.165, 1.54) is 11.1 Å². The lowest BCUT2D eigenvalue weighted by Crippen LogP contribution is -2.24. The number of thioether (sulfide) groups is 1. The molecule has 1 N–H and O–H groups in total. The standard InChI is InChI=1S/C22H24N4OS/c1-4-12-26-20(14-23-21(27)19-7-5-6-17(3)13-19)24-25-22(26)28-15-18-10-8-16(2)9-11-18/h4-11,13H,1,12,14-15H2,2-3H3,(H,23,27). The van der Waals surface area contributed by atoms with E-state index in [0.29, 0.717) is 24.5 Å². The van der Waals surface area contributed by atoms with E-state index in [1.807, 2.05) is 35.8 Å². The highest BCUT2D eigenvalue weighted by Gasteiger charge is 2.13. The first kappa shape index (κ1) is 19.9. The van der Waals surface area contributed by atoms with Crippen molar-refractivity contribution in [2.24, 2.45) is 0 Å². The van der Waals surface area contributed by atoms with Crippen molar-refractivity contribution >= 4 is 17.7 Å².